The van der Waals surface area contributed by atoms with Crippen molar-refractivity contribution in [1.29, 1.82) is 0 Å². The zero-order valence-corrected chi connectivity index (χ0v) is 28.2. The molecule has 49 heavy (non-hydrogen) atoms. The molecule has 0 saturated carbocycles. The summed E-state index contributed by atoms with van der Waals surface area (Å²) < 4.78 is 42.2. The van der Waals surface area contributed by atoms with Crippen molar-refractivity contribution in [2.75, 3.05) is 53.6 Å². The summed E-state index contributed by atoms with van der Waals surface area (Å²) in [4.78, 5) is 34.4. The molecule has 0 aliphatic carbocycles. The van der Waals surface area contributed by atoms with E-state index in [9.17, 15) is 14.0 Å². The van der Waals surface area contributed by atoms with E-state index in [-0.39, 0.29) is 36.3 Å². The fourth-order valence-electron chi connectivity index (χ4n) is 5.80. The molecule has 0 spiro atoms. The van der Waals surface area contributed by atoms with Crippen LogP contribution in [0.2, 0.25) is 0 Å². The zero-order chi connectivity index (χ0) is 34.7. The summed E-state index contributed by atoms with van der Waals surface area (Å²) in [6.45, 7) is 8.53. The van der Waals surface area contributed by atoms with Crippen LogP contribution in [0.3, 0.4) is 0 Å². The number of benzene rings is 2. The van der Waals surface area contributed by atoms with Crippen molar-refractivity contribution in [1.82, 2.24) is 30.3 Å². The predicted octanol–water partition coefficient (Wildman–Crippen LogP) is 6.07. The molecule has 2 N–H and O–H groups in total. The molecule has 0 bridgehead atoms. The maximum Gasteiger partial charge on any atom is 0.253 e. The highest BCUT2D eigenvalue weighted by molar-refractivity contribution is 7.18. The summed E-state index contributed by atoms with van der Waals surface area (Å²) in [5, 5.41) is 12.9. The molecule has 4 heterocycles. The Balaban J connectivity index is 1.50. The minimum Gasteiger partial charge on any atom is -0.490 e. The number of piperazine rings is 1. The van der Waals surface area contributed by atoms with Crippen LogP contribution in [-0.2, 0) is 9.53 Å². The molecule has 1 fully saturated rings. The van der Waals surface area contributed by atoms with Gasteiger partial charge in [-0.15, -0.1) is 11.3 Å². The number of carbonyl (C=O) groups excluding carboxylic acids is 2. The molecule has 254 valence electrons. The lowest BCUT2D eigenvalue weighted by molar-refractivity contribution is -0.117. The minimum absolute atomic E-state index is 0.00537. The van der Waals surface area contributed by atoms with Crippen LogP contribution in [0.15, 0.2) is 66.6 Å². The van der Waals surface area contributed by atoms with Crippen LogP contribution in [0, 0.1) is 11.6 Å². The number of nitrogens with one attached hydrogen (secondary N) is 2. The van der Waals surface area contributed by atoms with Crippen LogP contribution < -0.4 is 10.1 Å². The molecule has 10 nitrogen and oxygen atoms in total. The van der Waals surface area contributed by atoms with Gasteiger partial charge in [-0.25, -0.2) is 13.8 Å². The first-order valence-electron chi connectivity index (χ1n) is 15.8. The molecule has 13 heteroatoms. The number of aromatic amines is 1. The summed E-state index contributed by atoms with van der Waals surface area (Å²) in [5.41, 5.74) is 3.58. The fourth-order valence-corrected chi connectivity index (χ4v) is 6.74. The average Bonchev–Trinajstić information content (AvgIpc) is 3.79. The number of amides is 2. The quantitative estimate of drug-likeness (QED) is 0.128. The molecule has 1 saturated heterocycles. The third-order valence-electron chi connectivity index (χ3n) is 8.47. The van der Waals surface area contributed by atoms with E-state index in [0.29, 0.717) is 51.7 Å². The Hall–Kier alpha value is -4.98. The van der Waals surface area contributed by atoms with Gasteiger partial charge in [-0.3, -0.25) is 14.7 Å². The number of hydrogen-bond acceptors (Lipinski definition) is 8. The van der Waals surface area contributed by atoms with E-state index < -0.39 is 17.7 Å². The maximum absolute atomic E-state index is 16.0. The lowest BCUT2D eigenvalue weighted by Crippen LogP contribution is -2.47. The van der Waals surface area contributed by atoms with Crippen molar-refractivity contribution in [2.45, 2.75) is 13.0 Å². The number of aromatic nitrogens is 3. The highest BCUT2D eigenvalue weighted by Gasteiger charge is 2.27. The van der Waals surface area contributed by atoms with Crippen molar-refractivity contribution in [3.63, 3.8) is 0 Å². The molecule has 1 atom stereocenters. The van der Waals surface area contributed by atoms with Crippen LogP contribution in [0.5, 0.6) is 5.75 Å². The largest absolute Gasteiger partial charge is 0.490 e. The number of rotatable bonds is 11. The molecule has 6 rings (SSSR count). The number of nitrogens with zero attached hydrogens (tertiary/aromatic N) is 4. The van der Waals surface area contributed by atoms with Crippen LogP contribution in [-0.4, -0.2) is 90.3 Å². The van der Waals surface area contributed by atoms with Crippen LogP contribution in [0.1, 0.15) is 29.0 Å². The van der Waals surface area contributed by atoms with Crippen molar-refractivity contribution >= 4 is 33.2 Å². The van der Waals surface area contributed by atoms with E-state index >= 15 is 4.39 Å². The molecule has 2 amide bonds. The summed E-state index contributed by atoms with van der Waals surface area (Å²) in [6.07, 6.45) is 1.18. The Morgan fingerprint density at radius 2 is 1.82 bits per heavy atom. The van der Waals surface area contributed by atoms with Crippen molar-refractivity contribution < 1.29 is 27.8 Å². The topological polar surface area (TPSA) is 113 Å². The smallest absolute Gasteiger partial charge is 0.253 e. The molecule has 0 radical (unpaired) electrons. The minimum atomic E-state index is -0.827. The normalized spacial score (nSPS) is 14.2. The average molecular weight is 687 g/mol. The molecule has 1 aliphatic rings. The second-order valence-corrected chi connectivity index (χ2v) is 12.7. The van der Waals surface area contributed by atoms with E-state index in [4.69, 9.17) is 14.5 Å². The maximum atomic E-state index is 16.0. The van der Waals surface area contributed by atoms with Gasteiger partial charge in [0.15, 0.2) is 0 Å². The van der Waals surface area contributed by atoms with Gasteiger partial charge in [0.05, 0.1) is 29.6 Å². The third kappa shape index (κ3) is 7.09. The number of methoxy groups -OCH3 is 1. The zero-order valence-electron chi connectivity index (χ0n) is 27.4. The predicted molar refractivity (Wildman–Crippen MR) is 186 cm³/mol. The van der Waals surface area contributed by atoms with E-state index in [1.807, 2.05) is 35.5 Å². The number of carbonyl (C=O) groups is 2. The molecule has 1 aliphatic heterocycles. The summed E-state index contributed by atoms with van der Waals surface area (Å²) in [6, 6.07) is 12.4. The second-order valence-electron chi connectivity index (χ2n) is 11.8. The number of H-pyrrole nitrogens is 1. The number of thiophene rings is 1. The van der Waals surface area contributed by atoms with Crippen LogP contribution in [0.25, 0.3) is 43.9 Å². The lowest BCUT2D eigenvalue weighted by atomic mass is 9.96. The number of hydrogen-bond donors (Lipinski definition) is 2. The van der Waals surface area contributed by atoms with Gasteiger partial charge in [0.25, 0.3) is 5.91 Å². The Morgan fingerprint density at radius 3 is 2.53 bits per heavy atom. The van der Waals surface area contributed by atoms with Gasteiger partial charge in [-0.2, -0.15) is 5.10 Å². The van der Waals surface area contributed by atoms with Crippen molar-refractivity contribution in [2.24, 2.45) is 0 Å². The number of halogens is 2. The lowest BCUT2D eigenvalue weighted by Gasteiger charge is -2.32. The molecule has 2 aromatic carbocycles. The first-order chi connectivity index (χ1) is 23.7. The number of pyridine rings is 1. The van der Waals surface area contributed by atoms with Gasteiger partial charge in [0.1, 0.15) is 35.4 Å². The number of likely N-dealkylation sites (N-methyl/N-ethyl adjacent to an activating group) is 1. The number of ether oxygens (including phenoxy) is 2. The SMILES string of the molecule is C=CC(=O)NC(C)c1cc(-c2nc(-c3ccc(C(=O)N4CCN(C)CC4)cc3)c3ccsc3c2-c2c(F)cc(F)cc2OCCOC)n[nH]1. The summed E-state index contributed by atoms with van der Waals surface area (Å²) in [7, 11) is 3.55. The monoisotopic (exact) mass is 686 g/mol. The van der Waals surface area contributed by atoms with Gasteiger partial charge in [-0.1, -0.05) is 18.7 Å². The van der Waals surface area contributed by atoms with Gasteiger partial charge in [0, 0.05) is 72.2 Å². The van der Waals surface area contributed by atoms with Crippen LogP contribution >= 0.6 is 11.3 Å². The van der Waals surface area contributed by atoms with E-state index in [2.05, 4.69) is 27.0 Å². The Bertz CT molecular complexity index is 2000. The van der Waals surface area contributed by atoms with Gasteiger partial charge in [-0.05, 0) is 49.7 Å². The Morgan fingerprint density at radius 1 is 1.06 bits per heavy atom. The van der Waals surface area contributed by atoms with Gasteiger partial charge < -0.3 is 24.6 Å². The standard InChI is InChI=1S/C36H36F2N6O4S/c1-5-30(45)39-21(2)27-20-28(42-41-27)34-32(31-26(38)18-24(37)19-29(31)48-16-15-47-4)35-25(10-17-49-35)33(40-34)22-6-8-23(9-7-22)36(46)44-13-11-43(3)12-14-44/h5-10,17-21H,1,11-16H2,2-4H3,(H,39,45)(H,41,42). The molecule has 5 aromatic rings. The third-order valence-corrected chi connectivity index (χ3v) is 9.40. The van der Waals surface area contributed by atoms with Crippen molar-refractivity contribution in [3.8, 4) is 39.5 Å². The van der Waals surface area contributed by atoms with E-state index in [1.165, 1.54) is 24.5 Å². The van der Waals surface area contributed by atoms with Gasteiger partial charge in [0.2, 0.25) is 5.91 Å². The fraction of sp³-hybridized carbons (Fsp3) is 0.278. The Kier molecular flexibility index (Phi) is 10.1. The van der Waals surface area contributed by atoms with Crippen LogP contribution in [0.4, 0.5) is 8.78 Å². The number of fused-ring (bicyclic) bond motifs is 1. The molecular formula is C36H36F2N6O4S. The first kappa shape index (κ1) is 33.9. The highest BCUT2D eigenvalue weighted by atomic mass is 32.1. The van der Waals surface area contributed by atoms with E-state index in [1.54, 1.807) is 25.1 Å². The van der Waals surface area contributed by atoms with Crippen molar-refractivity contribution in [3.05, 3.63) is 89.5 Å². The first-order valence-corrected chi connectivity index (χ1v) is 16.7. The molecule has 1 unspecified atom stereocenters. The summed E-state index contributed by atoms with van der Waals surface area (Å²) in [5.74, 6) is -2.01. The van der Waals surface area contributed by atoms with E-state index in [0.717, 1.165) is 36.2 Å². The second kappa shape index (κ2) is 14.6. The van der Waals surface area contributed by atoms with Gasteiger partial charge >= 0.3 is 0 Å². The summed E-state index contributed by atoms with van der Waals surface area (Å²) >= 11 is 1.38. The molecule has 3 aromatic heterocycles. The highest BCUT2D eigenvalue weighted by Crippen LogP contribution is 2.47. The molecular weight excluding hydrogens is 650 g/mol. The Labute approximate surface area is 286 Å².